The first kappa shape index (κ1) is 13.3. The van der Waals surface area contributed by atoms with E-state index in [0.717, 1.165) is 39.0 Å². The zero-order valence-corrected chi connectivity index (χ0v) is 11.1. The number of nitrogens with zero attached hydrogens (tertiary/aromatic N) is 2. The minimum absolute atomic E-state index is 0.416. The van der Waals surface area contributed by atoms with Crippen molar-refractivity contribution in [2.75, 3.05) is 39.8 Å². The van der Waals surface area contributed by atoms with E-state index in [-0.39, 0.29) is 0 Å². The van der Waals surface area contributed by atoms with Crippen LogP contribution in [-0.2, 0) is 0 Å². The summed E-state index contributed by atoms with van der Waals surface area (Å²) in [5, 5.41) is 10.6. The Hall–Kier alpha value is -0.160. The van der Waals surface area contributed by atoms with Crippen molar-refractivity contribution in [1.29, 1.82) is 0 Å². The fourth-order valence-corrected chi connectivity index (χ4v) is 3.23. The van der Waals surface area contributed by atoms with Gasteiger partial charge in [-0.25, -0.2) is 0 Å². The molecule has 1 unspecified atom stereocenters. The molecule has 1 aliphatic carbocycles. The van der Waals surface area contributed by atoms with Crippen LogP contribution in [0, 0.1) is 0 Å². The number of hydrogen-bond acceptors (Lipinski definition) is 4. The maximum atomic E-state index is 10.6. The Morgan fingerprint density at radius 2 is 1.94 bits per heavy atom. The van der Waals surface area contributed by atoms with Gasteiger partial charge in [-0.2, -0.15) is 0 Å². The molecule has 0 aromatic rings. The maximum absolute atomic E-state index is 10.6. The molecular formula is C13H27N3O. The summed E-state index contributed by atoms with van der Waals surface area (Å²) >= 11 is 0. The Morgan fingerprint density at radius 3 is 2.59 bits per heavy atom. The quantitative estimate of drug-likeness (QED) is 0.744. The van der Waals surface area contributed by atoms with Crippen LogP contribution in [0.3, 0.4) is 0 Å². The van der Waals surface area contributed by atoms with Gasteiger partial charge in [-0.1, -0.05) is 19.3 Å². The smallest absolute Gasteiger partial charge is 0.0774 e. The van der Waals surface area contributed by atoms with E-state index in [2.05, 4.69) is 16.8 Å². The molecule has 4 heteroatoms. The SMILES string of the molecule is CN1CCN(CC2(O)CCCCC2)C(CN)C1. The molecule has 2 rings (SSSR count). The lowest BCUT2D eigenvalue weighted by Gasteiger charge is -2.44. The third-order valence-electron chi connectivity index (χ3n) is 4.36. The molecule has 4 nitrogen and oxygen atoms in total. The number of hydrogen-bond donors (Lipinski definition) is 2. The van der Waals surface area contributed by atoms with Gasteiger partial charge < -0.3 is 15.7 Å². The highest BCUT2D eigenvalue weighted by Crippen LogP contribution is 2.29. The van der Waals surface area contributed by atoms with Crippen molar-refractivity contribution in [2.45, 2.75) is 43.7 Å². The van der Waals surface area contributed by atoms with Crippen molar-refractivity contribution in [3.63, 3.8) is 0 Å². The molecule has 2 aliphatic rings. The molecule has 0 aromatic carbocycles. The predicted octanol–water partition coefficient (Wildman–Crippen LogP) is 0.256. The summed E-state index contributed by atoms with van der Waals surface area (Å²) in [5.41, 5.74) is 5.41. The molecule has 0 spiro atoms. The molecule has 17 heavy (non-hydrogen) atoms. The van der Waals surface area contributed by atoms with Gasteiger partial charge in [0.25, 0.3) is 0 Å². The fraction of sp³-hybridized carbons (Fsp3) is 1.00. The van der Waals surface area contributed by atoms with E-state index in [1.165, 1.54) is 19.3 Å². The second-order valence-corrected chi connectivity index (χ2v) is 5.91. The highest BCUT2D eigenvalue weighted by atomic mass is 16.3. The van der Waals surface area contributed by atoms with Crippen molar-refractivity contribution < 1.29 is 5.11 Å². The van der Waals surface area contributed by atoms with Crippen LogP contribution in [0.25, 0.3) is 0 Å². The molecule has 1 aliphatic heterocycles. The van der Waals surface area contributed by atoms with Crippen LogP contribution >= 0.6 is 0 Å². The summed E-state index contributed by atoms with van der Waals surface area (Å²) < 4.78 is 0. The maximum Gasteiger partial charge on any atom is 0.0774 e. The summed E-state index contributed by atoms with van der Waals surface area (Å²) in [6.07, 6.45) is 5.58. The Morgan fingerprint density at radius 1 is 1.24 bits per heavy atom. The average molecular weight is 241 g/mol. The zero-order chi connectivity index (χ0) is 12.3. The summed E-state index contributed by atoms with van der Waals surface area (Å²) in [6, 6.07) is 0.416. The number of likely N-dealkylation sites (N-methyl/N-ethyl adjacent to an activating group) is 1. The van der Waals surface area contributed by atoms with Crippen LogP contribution in [0.15, 0.2) is 0 Å². The molecule has 100 valence electrons. The lowest BCUT2D eigenvalue weighted by Crippen LogP contribution is -2.58. The third kappa shape index (κ3) is 3.41. The minimum atomic E-state index is -0.443. The van der Waals surface area contributed by atoms with Crippen LogP contribution in [0.2, 0.25) is 0 Å². The summed E-state index contributed by atoms with van der Waals surface area (Å²) in [5.74, 6) is 0. The zero-order valence-electron chi connectivity index (χ0n) is 11.1. The van der Waals surface area contributed by atoms with Crippen LogP contribution in [0.4, 0.5) is 0 Å². The molecule has 1 heterocycles. The highest BCUT2D eigenvalue weighted by molar-refractivity contribution is 4.90. The minimum Gasteiger partial charge on any atom is -0.389 e. The molecular weight excluding hydrogens is 214 g/mol. The lowest BCUT2D eigenvalue weighted by atomic mass is 9.84. The topological polar surface area (TPSA) is 52.7 Å². The first-order valence-electron chi connectivity index (χ1n) is 6.98. The monoisotopic (exact) mass is 241 g/mol. The first-order chi connectivity index (χ1) is 8.13. The molecule has 0 bridgehead atoms. The van der Waals surface area contributed by atoms with Crippen molar-refractivity contribution in [1.82, 2.24) is 9.80 Å². The standard InChI is InChI=1S/C13H27N3O/c1-15-7-8-16(12(9-14)10-15)11-13(17)5-3-2-4-6-13/h12,17H,2-11,14H2,1H3. The van der Waals surface area contributed by atoms with Gasteiger partial charge in [0.1, 0.15) is 0 Å². The second-order valence-electron chi connectivity index (χ2n) is 5.91. The third-order valence-corrected chi connectivity index (χ3v) is 4.36. The highest BCUT2D eigenvalue weighted by Gasteiger charge is 2.34. The first-order valence-corrected chi connectivity index (χ1v) is 6.98. The van der Waals surface area contributed by atoms with Crippen molar-refractivity contribution in [3.05, 3.63) is 0 Å². The Kier molecular flexibility index (Phi) is 4.42. The molecule has 1 atom stereocenters. The van der Waals surface area contributed by atoms with Crippen LogP contribution in [0.5, 0.6) is 0 Å². The predicted molar refractivity (Wildman–Crippen MR) is 69.9 cm³/mol. The largest absolute Gasteiger partial charge is 0.389 e. The number of piperazine rings is 1. The van der Waals surface area contributed by atoms with Crippen LogP contribution in [-0.4, -0.2) is 66.3 Å². The van der Waals surface area contributed by atoms with Crippen molar-refractivity contribution >= 4 is 0 Å². The molecule has 2 fully saturated rings. The molecule has 1 saturated heterocycles. The Bertz CT molecular complexity index is 241. The van der Waals surface area contributed by atoms with Gasteiger partial charge in [0, 0.05) is 38.8 Å². The van der Waals surface area contributed by atoms with E-state index in [1.54, 1.807) is 0 Å². The average Bonchev–Trinajstić information content (AvgIpc) is 2.32. The Labute approximate surface area is 105 Å². The second kappa shape index (κ2) is 5.65. The molecule has 3 N–H and O–H groups in total. The van der Waals surface area contributed by atoms with Gasteiger partial charge in [0.15, 0.2) is 0 Å². The van der Waals surface area contributed by atoms with Crippen LogP contribution < -0.4 is 5.73 Å². The van der Waals surface area contributed by atoms with E-state index in [1.807, 2.05) is 0 Å². The van der Waals surface area contributed by atoms with E-state index in [9.17, 15) is 5.11 Å². The van der Waals surface area contributed by atoms with Gasteiger partial charge in [-0.3, -0.25) is 4.90 Å². The van der Waals surface area contributed by atoms with Gasteiger partial charge >= 0.3 is 0 Å². The van der Waals surface area contributed by atoms with E-state index >= 15 is 0 Å². The Balaban J connectivity index is 1.92. The van der Waals surface area contributed by atoms with Gasteiger partial charge in [-0.05, 0) is 19.9 Å². The van der Waals surface area contributed by atoms with Crippen molar-refractivity contribution in [2.24, 2.45) is 5.73 Å². The van der Waals surface area contributed by atoms with Gasteiger partial charge in [-0.15, -0.1) is 0 Å². The summed E-state index contributed by atoms with van der Waals surface area (Å²) in [6.45, 7) is 4.68. The van der Waals surface area contributed by atoms with E-state index < -0.39 is 5.60 Å². The molecule has 1 saturated carbocycles. The van der Waals surface area contributed by atoms with Gasteiger partial charge in [0.2, 0.25) is 0 Å². The number of aliphatic hydroxyl groups is 1. The number of nitrogens with two attached hydrogens (primary N) is 1. The lowest BCUT2D eigenvalue weighted by molar-refractivity contribution is -0.0475. The van der Waals surface area contributed by atoms with Gasteiger partial charge in [0.05, 0.1) is 5.60 Å². The van der Waals surface area contributed by atoms with Crippen molar-refractivity contribution in [3.8, 4) is 0 Å². The summed E-state index contributed by atoms with van der Waals surface area (Å²) in [7, 11) is 2.15. The van der Waals surface area contributed by atoms with E-state index in [0.29, 0.717) is 12.6 Å². The van der Waals surface area contributed by atoms with E-state index in [4.69, 9.17) is 5.73 Å². The number of β-amino-alcohol motifs (C(OH)–C–C–N with tert-alkyl or cyclic N) is 1. The normalized spacial score (nSPS) is 31.6. The summed E-state index contributed by atoms with van der Waals surface area (Å²) in [4.78, 5) is 4.74. The molecule has 0 radical (unpaired) electrons. The number of rotatable bonds is 3. The molecule has 0 aromatic heterocycles. The fourth-order valence-electron chi connectivity index (χ4n) is 3.23. The molecule has 0 amide bonds. The van der Waals surface area contributed by atoms with Crippen LogP contribution in [0.1, 0.15) is 32.1 Å².